The van der Waals surface area contributed by atoms with E-state index in [2.05, 4.69) is 5.32 Å². The second-order valence-corrected chi connectivity index (χ2v) is 5.87. The first-order valence-electron chi connectivity index (χ1n) is 7.69. The molecule has 0 unspecified atom stereocenters. The molecule has 2 aromatic rings. The van der Waals surface area contributed by atoms with Gasteiger partial charge in [-0.25, -0.2) is 0 Å². The van der Waals surface area contributed by atoms with Crippen LogP contribution in [-0.2, 0) is 4.79 Å². The van der Waals surface area contributed by atoms with Gasteiger partial charge in [-0.05, 0) is 42.8 Å². The van der Waals surface area contributed by atoms with Crippen LogP contribution >= 0.6 is 11.6 Å². The largest absolute Gasteiger partial charge is 0.486 e. The second kappa shape index (κ2) is 7.45. The fraction of sp³-hybridized carbons (Fsp3) is 0.278. The summed E-state index contributed by atoms with van der Waals surface area (Å²) >= 11 is 5.88. The summed E-state index contributed by atoms with van der Waals surface area (Å²) in [7, 11) is 0. The molecule has 0 aromatic heterocycles. The van der Waals surface area contributed by atoms with Gasteiger partial charge in [-0.3, -0.25) is 4.79 Å². The zero-order valence-corrected chi connectivity index (χ0v) is 14.0. The van der Waals surface area contributed by atoms with Crippen LogP contribution < -0.4 is 19.5 Å². The second-order valence-electron chi connectivity index (χ2n) is 5.44. The van der Waals surface area contributed by atoms with Gasteiger partial charge in [-0.15, -0.1) is 0 Å². The van der Waals surface area contributed by atoms with Crippen molar-refractivity contribution in [3.63, 3.8) is 0 Å². The van der Waals surface area contributed by atoms with Gasteiger partial charge in [-0.2, -0.15) is 0 Å². The lowest BCUT2D eigenvalue weighted by Gasteiger charge is -2.21. The molecule has 1 heterocycles. The SMILES string of the molecule is C[C@H](NC(=O)COc1cccc(Cl)c1)c1ccc2c(c1)OCCO2. The maximum Gasteiger partial charge on any atom is 0.258 e. The molecule has 5 nitrogen and oxygen atoms in total. The predicted molar refractivity (Wildman–Crippen MR) is 90.9 cm³/mol. The molecule has 24 heavy (non-hydrogen) atoms. The molecule has 6 heteroatoms. The first kappa shape index (κ1) is 16.5. The summed E-state index contributed by atoms with van der Waals surface area (Å²) in [5, 5.41) is 3.46. The molecule has 0 spiro atoms. The van der Waals surface area contributed by atoms with Crippen molar-refractivity contribution >= 4 is 17.5 Å². The number of nitrogens with one attached hydrogen (secondary N) is 1. The lowest BCUT2D eigenvalue weighted by atomic mass is 10.1. The average molecular weight is 348 g/mol. The van der Waals surface area contributed by atoms with E-state index in [9.17, 15) is 4.79 Å². The van der Waals surface area contributed by atoms with Crippen molar-refractivity contribution < 1.29 is 19.0 Å². The van der Waals surface area contributed by atoms with Crippen LogP contribution in [0, 0.1) is 0 Å². The van der Waals surface area contributed by atoms with Crippen LogP contribution in [0.3, 0.4) is 0 Å². The number of ether oxygens (including phenoxy) is 3. The van der Waals surface area contributed by atoms with Crippen molar-refractivity contribution in [2.45, 2.75) is 13.0 Å². The van der Waals surface area contributed by atoms with Gasteiger partial charge >= 0.3 is 0 Å². The highest BCUT2D eigenvalue weighted by Crippen LogP contribution is 2.32. The van der Waals surface area contributed by atoms with Gasteiger partial charge in [0.2, 0.25) is 0 Å². The van der Waals surface area contributed by atoms with Gasteiger partial charge < -0.3 is 19.5 Å². The topological polar surface area (TPSA) is 56.8 Å². The molecule has 0 saturated heterocycles. The normalized spacial score (nSPS) is 13.9. The van der Waals surface area contributed by atoms with Crippen LogP contribution in [0.5, 0.6) is 17.2 Å². The Morgan fingerprint density at radius 3 is 2.79 bits per heavy atom. The Morgan fingerprint density at radius 2 is 2.00 bits per heavy atom. The molecule has 1 N–H and O–H groups in total. The number of amides is 1. The van der Waals surface area contributed by atoms with E-state index in [1.165, 1.54) is 0 Å². The van der Waals surface area contributed by atoms with Crippen LogP contribution in [-0.4, -0.2) is 25.7 Å². The molecule has 0 radical (unpaired) electrons. The fourth-order valence-corrected chi connectivity index (χ4v) is 2.58. The van der Waals surface area contributed by atoms with E-state index in [1.54, 1.807) is 24.3 Å². The maximum absolute atomic E-state index is 12.0. The molecule has 1 amide bonds. The zero-order chi connectivity index (χ0) is 16.9. The predicted octanol–water partition coefficient (Wildman–Crippen LogP) is 3.37. The van der Waals surface area contributed by atoms with E-state index in [4.69, 9.17) is 25.8 Å². The first-order chi connectivity index (χ1) is 11.6. The number of fused-ring (bicyclic) bond motifs is 1. The summed E-state index contributed by atoms with van der Waals surface area (Å²) in [6.07, 6.45) is 0. The highest BCUT2D eigenvalue weighted by atomic mass is 35.5. The maximum atomic E-state index is 12.0. The number of halogens is 1. The van der Waals surface area contributed by atoms with Crippen LogP contribution in [0.25, 0.3) is 0 Å². The van der Waals surface area contributed by atoms with E-state index in [0.29, 0.717) is 29.7 Å². The smallest absolute Gasteiger partial charge is 0.258 e. The third-order valence-electron chi connectivity index (χ3n) is 3.61. The van der Waals surface area contributed by atoms with Crippen molar-refractivity contribution in [1.29, 1.82) is 0 Å². The van der Waals surface area contributed by atoms with E-state index in [1.807, 2.05) is 25.1 Å². The molecule has 1 atom stereocenters. The number of rotatable bonds is 5. The molecule has 0 aliphatic carbocycles. The Balaban J connectivity index is 1.56. The molecule has 0 fully saturated rings. The molecule has 0 saturated carbocycles. The first-order valence-corrected chi connectivity index (χ1v) is 8.07. The van der Waals surface area contributed by atoms with E-state index < -0.39 is 0 Å². The summed E-state index contributed by atoms with van der Waals surface area (Å²) in [5.41, 5.74) is 0.940. The Kier molecular flexibility index (Phi) is 5.11. The minimum Gasteiger partial charge on any atom is -0.486 e. The van der Waals surface area contributed by atoms with E-state index in [-0.39, 0.29) is 18.6 Å². The lowest BCUT2D eigenvalue weighted by molar-refractivity contribution is -0.123. The quantitative estimate of drug-likeness (QED) is 0.901. The lowest BCUT2D eigenvalue weighted by Crippen LogP contribution is -2.31. The monoisotopic (exact) mass is 347 g/mol. The Labute approximate surface area is 145 Å². The third kappa shape index (κ3) is 4.11. The standard InChI is InChI=1S/C18H18ClNO4/c1-12(13-5-6-16-17(9-13)23-8-7-22-16)20-18(21)11-24-15-4-2-3-14(19)10-15/h2-6,9-10,12H,7-8,11H2,1H3,(H,20,21)/t12-/m0/s1. The molecule has 0 bridgehead atoms. The highest BCUT2D eigenvalue weighted by molar-refractivity contribution is 6.30. The molecule has 1 aliphatic heterocycles. The van der Waals surface area contributed by atoms with Crippen LogP contribution in [0.4, 0.5) is 0 Å². The minimum absolute atomic E-state index is 0.0742. The molecule has 126 valence electrons. The summed E-state index contributed by atoms with van der Waals surface area (Å²) in [6.45, 7) is 2.92. The summed E-state index contributed by atoms with van der Waals surface area (Å²) in [4.78, 5) is 12.0. The number of hydrogen-bond acceptors (Lipinski definition) is 4. The Morgan fingerprint density at radius 1 is 1.21 bits per heavy atom. The number of benzene rings is 2. The van der Waals surface area contributed by atoms with Crippen molar-refractivity contribution in [2.75, 3.05) is 19.8 Å². The van der Waals surface area contributed by atoms with Crippen molar-refractivity contribution in [3.8, 4) is 17.2 Å². The molecule has 3 rings (SSSR count). The van der Waals surface area contributed by atoms with Gasteiger partial charge in [0, 0.05) is 5.02 Å². The third-order valence-corrected chi connectivity index (χ3v) is 3.84. The molecular formula is C18H18ClNO4. The zero-order valence-electron chi connectivity index (χ0n) is 13.3. The van der Waals surface area contributed by atoms with Crippen molar-refractivity contribution in [2.24, 2.45) is 0 Å². The van der Waals surface area contributed by atoms with E-state index >= 15 is 0 Å². The van der Waals surface area contributed by atoms with Gasteiger partial charge in [0.05, 0.1) is 6.04 Å². The molecule has 2 aromatic carbocycles. The highest BCUT2D eigenvalue weighted by Gasteiger charge is 2.16. The van der Waals surface area contributed by atoms with Crippen molar-refractivity contribution in [1.82, 2.24) is 5.32 Å². The Bertz CT molecular complexity index is 735. The molecular weight excluding hydrogens is 330 g/mol. The summed E-state index contributed by atoms with van der Waals surface area (Å²) in [6, 6.07) is 12.4. The van der Waals surface area contributed by atoms with E-state index in [0.717, 1.165) is 11.3 Å². The number of carbonyl (C=O) groups is 1. The van der Waals surface area contributed by atoms with Crippen molar-refractivity contribution in [3.05, 3.63) is 53.1 Å². The number of carbonyl (C=O) groups excluding carboxylic acids is 1. The summed E-state index contributed by atoms with van der Waals surface area (Å²) in [5.74, 6) is 1.78. The van der Waals surface area contributed by atoms with Crippen LogP contribution in [0.15, 0.2) is 42.5 Å². The Hall–Kier alpha value is -2.40. The molecule has 1 aliphatic rings. The van der Waals surface area contributed by atoms with Gasteiger partial charge in [0.15, 0.2) is 18.1 Å². The van der Waals surface area contributed by atoms with Crippen LogP contribution in [0.1, 0.15) is 18.5 Å². The number of hydrogen-bond donors (Lipinski definition) is 1. The van der Waals surface area contributed by atoms with Gasteiger partial charge in [0.1, 0.15) is 19.0 Å². The van der Waals surface area contributed by atoms with Crippen LogP contribution in [0.2, 0.25) is 5.02 Å². The average Bonchev–Trinajstić information content (AvgIpc) is 2.59. The fourth-order valence-electron chi connectivity index (χ4n) is 2.40. The minimum atomic E-state index is -0.211. The summed E-state index contributed by atoms with van der Waals surface area (Å²) < 4.78 is 16.5. The van der Waals surface area contributed by atoms with Gasteiger partial charge in [0.25, 0.3) is 5.91 Å². The van der Waals surface area contributed by atoms with Gasteiger partial charge in [-0.1, -0.05) is 23.7 Å².